The van der Waals surface area contributed by atoms with Gasteiger partial charge in [0.2, 0.25) is 35.4 Å². The maximum atomic E-state index is 16.1. The number of nitrogens with zero attached hydrogens (tertiary/aromatic N) is 3. The Hall–Kier alpha value is -7.42. The van der Waals surface area contributed by atoms with Crippen molar-refractivity contribution in [3.63, 3.8) is 0 Å². The molecule has 7 N–H and O–H groups in total. The van der Waals surface area contributed by atoms with E-state index < -0.39 is 101 Å². The Morgan fingerprint density at radius 2 is 1.59 bits per heavy atom. The highest BCUT2D eigenvalue weighted by atomic mass is 32.1. The van der Waals surface area contributed by atoms with Crippen LogP contribution in [-0.2, 0) is 57.6 Å². The molecule has 1 aromatic heterocycles. The lowest BCUT2D eigenvalue weighted by Gasteiger charge is -2.35. The van der Waals surface area contributed by atoms with Crippen LogP contribution in [0, 0.1) is 24.1 Å². The fraction of sp³-hybridized carbons (Fsp3) is 0.517. The zero-order chi connectivity index (χ0) is 58.9. The fourth-order valence-corrected chi connectivity index (χ4v) is 11.6. The van der Waals surface area contributed by atoms with Crippen molar-refractivity contribution in [2.24, 2.45) is 17.1 Å². The molecule has 7 amide bonds. The van der Waals surface area contributed by atoms with Gasteiger partial charge < -0.3 is 46.5 Å². The van der Waals surface area contributed by atoms with Gasteiger partial charge in [0.25, 0.3) is 0 Å². The summed E-state index contributed by atoms with van der Waals surface area (Å²) in [7, 11) is 0. The second kappa shape index (κ2) is 26.4. The van der Waals surface area contributed by atoms with Crippen LogP contribution in [0.5, 0.6) is 5.75 Å². The van der Waals surface area contributed by atoms with Gasteiger partial charge in [0, 0.05) is 32.2 Å². The molecule has 3 aromatic carbocycles. The minimum atomic E-state index is -1.04. The summed E-state index contributed by atoms with van der Waals surface area (Å²) in [6.07, 6.45) is 1.92. The molecule has 7 atom stereocenters. The molecule has 3 aliphatic heterocycles. The zero-order valence-electron chi connectivity index (χ0n) is 47.5. The monoisotopic (exact) mass is 1140 g/mol. The van der Waals surface area contributed by atoms with Crippen LogP contribution in [0.3, 0.4) is 0 Å². The van der Waals surface area contributed by atoms with Crippen LogP contribution in [-0.4, -0.2) is 111 Å². The molecular weight excluding hydrogens is 1060 g/mol. The van der Waals surface area contributed by atoms with Crippen molar-refractivity contribution in [1.29, 1.82) is 0 Å². The molecule has 81 heavy (non-hydrogen) atoms. The van der Waals surface area contributed by atoms with E-state index in [9.17, 15) is 43.5 Å². The molecule has 0 radical (unpaired) electrons. The van der Waals surface area contributed by atoms with Crippen molar-refractivity contribution in [2.75, 3.05) is 18.1 Å². The number of ether oxygens (including phenoxy) is 2. The fourth-order valence-electron chi connectivity index (χ4n) is 10.8. The number of para-hydroxylation sites is 1. The predicted molar refractivity (Wildman–Crippen MR) is 303 cm³/mol. The lowest BCUT2D eigenvalue weighted by atomic mass is 9.85. The van der Waals surface area contributed by atoms with Gasteiger partial charge in [0.1, 0.15) is 36.4 Å². The molecule has 0 bridgehead atoms. The third kappa shape index (κ3) is 15.9. The average Bonchev–Trinajstić information content (AvgIpc) is 4.33. The third-order valence-corrected chi connectivity index (χ3v) is 15.9. The van der Waals surface area contributed by atoms with E-state index in [1.54, 1.807) is 49.8 Å². The topological polar surface area (TPSA) is 269 Å². The number of benzene rings is 3. The number of likely N-dealkylation sites (tertiary alicyclic amines) is 1. The van der Waals surface area contributed by atoms with Crippen LogP contribution in [0.15, 0.2) is 66.2 Å². The first-order chi connectivity index (χ1) is 38.3. The van der Waals surface area contributed by atoms with Gasteiger partial charge in [0.15, 0.2) is 11.6 Å². The number of carboxylic acid groups (broad SMARTS) is 1. The van der Waals surface area contributed by atoms with Gasteiger partial charge in [-0.1, -0.05) is 81.8 Å². The number of anilines is 1. The standard InChI is InChI=1S/C60H77FN8O11S/c1-34(37-20-22-40(23-21-37)52-35(2)63-33-81-52)64-54(74)44-28-36(29-49(72)73)31-68(44)57(77)53(59(3,4)5)67-48(71)19-11-9-10-14-38-15-13-18-46(50(38)61)79-32-42(25-27-47(62)70)65-55(75)45-30-41-17-12-16-39-24-26-43(56(76)69(45)51(39)41)66-58(78)80-60(6,7)8/h12-13,15-18,20-23,33-34,36,42-45,53H,9-11,14,19,24-32H2,1-8H3,(H2,62,70)(H,64,74)(H,65,75)(H,66,78)(H,67,71)(H,72,73)/t34-,36+,42-,43-,44-,45-,53+/m0/s1. The van der Waals surface area contributed by atoms with E-state index in [1.165, 1.54) is 15.9 Å². The molecule has 4 heterocycles. The summed E-state index contributed by atoms with van der Waals surface area (Å²) in [6.45, 7) is 14.2. The number of amides is 7. The molecule has 1 saturated heterocycles. The number of carbonyl (C=O) groups excluding carboxylic acids is 7. The van der Waals surface area contributed by atoms with Crippen molar-refractivity contribution < 1.29 is 57.3 Å². The predicted octanol–water partition coefficient (Wildman–Crippen LogP) is 7.39. The summed E-state index contributed by atoms with van der Waals surface area (Å²) < 4.78 is 27.5. The van der Waals surface area contributed by atoms with E-state index in [4.69, 9.17) is 15.2 Å². The van der Waals surface area contributed by atoms with Crippen LogP contribution >= 0.6 is 11.3 Å². The lowest BCUT2D eigenvalue weighted by molar-refractivity contribution is -0.144. The Morgan fingerprint density at radius 3 is 2.26 bits per heavy atom. The first-order valence-corrected chi connectivity index (χ1v) is 28.7. The molecule has 436 valence electrons. The Kier molecular flexibility index (Phi) is 20.0. The smallest absolute Gasteiger partial charge is 0.408 e. The number of carbonyl (C=O) groups is 8. The number of halogens is 1. The molecule has 0 unspecified atom stereocenters. The second-order valence-corrected chi connectivity index (χ2v) is 24.4. The number of alkyl carbamates (subject to hydrolysis) is 1. The van der Waals surface area contributed by atoms with Crippen LogP contribution in [0.4, 0.5) is 14.9 Å². The number of aryl methyl sites for hydroxylation is 3. The number of hydrogen-bond donors (Lipinski definition) is 6. The van der Waals surface area contributed by atoms with Crippen molar-refractivity contribution in [2.45, 2.75) is 174 Å². The number of primary amides is 1. The van der Waals surface area contributed by atoms with E-state index in [0.717, 1.165) is 32.8 Å². The van der Waals surface area contributed by atoms with E-state index in [2.05, 4.69) is 26.3 Å². The Bertz CT molecular complexity index is 2970. The van der Waals surface area contributed by atoms with Crippen LogP contribution in [0.1, 0.15) is 140 Å². The van der Waals surface area contributed by atoms with Gasteiger partial charge in [0.05, 0.1) is 33.9 Å². The van der Waals surface area contributed by atoms with E-state index in [-0.39, 0.29) is 69.8 Å². The second-order valence-electron chi connectivity index (χ2n) is 23.6. The number of hydrogen-bond acceptors (Lipinski definition) is 12. The van der Waals surface area contributed by atoms with Crippen LogP contribution < -0.4 is 36.6 Å². The number of unbranched alkanes of at least 4 members (excludes halogenated alkanes) is 2. The molecule has 4 aromatic rings. The Balaban J connectivity index is 0.919. The quantitative estimate of drug-likeness (QED) is 0.0397. The number of nitrogens with two attached hydrogens (primary N) is 1. The highest BCUT2D eigenvalue weighted by Crippen LogP contribution is 2.40. The normalized spacial score (nSPS) is 18.9. The minimum absolute atomic E-state index is 0.0382. The summed E-state index contributed by atoms with van der Waals surface area (Å²) in [4.78, 5) is 115. The van der Waals surface area contributed by atoms with E-state index >= 15 is 4.39 Å². The van der Waals surface area contributed by atoms with E-state index in [1.807, 2.05) is 77.1 Å². The number of nitrogens with one attached hydrogen (secondary N) is 4. The number of thiazole rings is 1. The number of aliphatic carboxylic acids is 1. The number of carboxylic acids is 1. The van der Waals surface area contributed by atoms with Gasteiger partial charge >= 0.3 is 12.1 Å². The summed E-state index contributed by atoms with van der Waals surface area (Å²) in [5, 5.41) is 21.2. The molecule has 21 heteroatoms. The highest BCUT2D eigenvalue weighted by Gasteiger charge is 2.47. The maximum Gasteiger partial charge on any atom is 0.408 e. The van der Waals surface area contributed by atoms with Crippen molar-refractivity contribution in [3.8, 4) is 16.2 Å². The molecule has 0 spiro atoms. The summed E-state index contributed by atoms with van der Waals surface area (Å²) in [5.74, 6) is -5.07. The Labute approximate surface area is 476 Å². The highest BCUT2D eigenvalue weighted by molar-refractivity contribution is 7.13. The third-order valence-electron chi connectivity index (χ3n) is 15.0. The molecular formula is C60H77FN8O11S. The number of aromatic nitrogens is 1. The molecule has 7 rings (SSSR count). The average molecular weight is 1140 g/mol. The maximum absolute atomic E-state index is 16.1. The SMILES string of the molecule is Cc1ncsc1-c1ccc([C@H](C)NC(=O)[C@@H]2C[C@H](CC(=O)O)CN2C(=O)[C@@H](NC(=O)CCCCCc2cccc(OC[C@H](CCC(N)=O)NC(=O)[C@@H]3Cc4cccc5c4N3C(=O)[C@@H](NC(=O)OC(C)(C)C)CC5)c2F)C(C)(C)C)cc1. The first-order valence-electron chi connectivity index (χ1n) is 27.8. The van der Waals surface area contributed by atoms with Crippen molar-refractivity contribution >= 4 is 64.5 Å². The molecule has 3 aliphatic rings. The van der Waals surface area contributed by atoms with Crippen molar-refractivity contribution in [3.05, 3.63) is 99.9 Å². The van der Waals surface area contributed by atoms with Gasteiger partial charge in [-0.05, 0) is 125 Å². The Morgan fingerprint density at radius 1 is 0.889 bits per heavy atom. The summed E-state index contributed by atoms with van der Waals surface area (Å²) >= 11 is 1.54. The van der Waals surface area contributed by atoms with Gasteiger partial charge in [-0.25, -0.2) is 14.2 Å². The van der Waals surface area contributed by atoms with Gasteiger partial charge in [-0.2, -0.15) is 0 Å². The minimum Gasteiger partial charge on any atom is -0.488 e. The number of rotatable bonds is 23. The lowest BCUT2D eigenvalue weighted by Crippen LogP contribution is -2.57. The molecule has 19 nitrogen and oxygen atoms in total. The van der Waals surface area contributed by atoms with Gasteiger partial charge in [-0.3, -0.25) is 38.5 Å². The van der Waals surface area contributed by atoms with E-state index in [0.29, 0.717) is 43.4 Å². The molecule has 0 aliphatic carbocycles. The van der Waals surface area contributed by atoms with Gasteiger partial charge in [-0.15, -0.1) is 11.3 Å². The zero-order valence-corrected chi connectivity index (χ0v) is 48.3. The first kappa shape index (κ1) is 61.2. The molecule has 1 fully saturated rings. The summed E-state index contributed by atoms with van der Waals surface area (Å²) in [5.41, 5.74) is 11.1. The summed E-state index contributed by atoms with van der Waals surface area (Å²) in [6, 6.07) is 13.0. The van der Waals surface area contributed by atoms with Crippen molar-refractivity contribution in [1.82, 2.24) is 31.2 Å². The molecule has 0 saturated carbocycles. The van der Waals surface area contributed by atoms with Crippen LogP contribution in [0.2, 0.25) is 0 Å². The largest absolute Gasteiger partial charge is 0.488 e. The van der Waals surface area contributed by atoms with Crippen LogP contribution in [0.25, 0.3) is 10.4 Å².